The maximum atomic E-state index is 13.7. The summed E-state index contributed by atoms with van der Waals surface area (Å²) in [5, 5.41) is 17.3. The Morgan fingerprint density at radius 1 is 0.914 bits per heavy atom. The van der Waals surface area contributed by atoms with Crippen LogP contribution in [0.5, 0.6) is 0 Å². The van der Waals surface area contributed by atoms with Gasteiger partial charge in [0.25, 0.3) is 5.91 Å². The second-order valence-electron chi connectivity index (χ2n) is 8.27. The zero-order chi connectivity index (χ0) is 24.8. The molecule has 1 amide bonds. The molecule has 1 atom stereocenters. The topological polar surface area (TPSA) is 114 Å². The second-order valence-corrected chi connectivity index (χ2v) is 10.3. The molecule has 2 heterocycles. The summed E-state index contributed by atoms with van der Waals surface area (Å²) >= 11 is 6.23. The van der Waals surface area contributed by atoms with Gasteiger partial charge in [0.15, 0.2) is 5.60 Å². The number of aromatic nitrogens is 1. The number of amides is 1. The lowest BCUT2D eigenvalue weighted by Crippen LogP contribution is -2.40. The minimum absolute atomic E-state index is 0.113. The van der Waals surface area contributed by atoms with Crippen molar-refractivity contribution in [2.75, 3.05) is 4.90 Å². The predicted octanol–water partition coefficient (Wildman–Crippen LogP) is 3.83. The van der Waals surface area contributed by atoms with E-state index in [0.717, 1.165) is 16.7 Å². The van der Waals surface area contributed by atoms with E-state index in [-0.39, 0.29) is 17.0 Å². The van der Waals surface area contributed by atoms with Gasteiger partial charge in [-0.25, -0.2) is 13.6 Å². The van der Waals surface area contributed by atoms with Gasteiger partial charge in [-0.05, 0) is 58.7 Å². The van der Waals surface area contributed by atoms with Crippen LogP contribution in [0.3, 0.4) is 0 Å². The van der Waals surface area contributed by atoms with E-state index >= 15 is 0 Å². The maximum absolute atomic E-state index is 13.7. The van der Waals surface area contributed by atoms with Gasteiger partial charge in [0.05, 0.1) is 17.1 Å². The van der Waals surface area contributed by atoms with Crippen LogP contribution in [0.25, 0.3) is 11.1 Å². The van der Waals surface area contributed by atoms with Gasteiger partial charge >= 0.3 is 0 Å². The number of rotatable bonds is 5. The number of benzene rings is 3. The number of pyridine rings is 1. The normalized spacial score (nSPS) is 17.5. The Morgan fingerprint density at radius 3 is 2.17 bits per heavy atom. The Labute approximate surface area is 207 Å². The van der Waals surface area contributed by atoms with Gasteiger partial charge in [-0.2, -0.15) is 0 Å². The zero-order valence-electron chi connectivity index (χ0n) is 18.3. The van der Waals surface area contributed by atoms with Crippen molar-refractivity contribution in [3.63, 3.8) is 0 Å². The quantitative estimate of drug-likeness (QED) is 0.428. The molecule has 0 bridgehead atoms. The fourth-order valence-corrected chi connectivity index (χ4v) is 4.99. The van der Waals surface area contributed by atoms with Crippen LogP contribution in [-0.2, 0) is 27.0 Å². The predicted molar refractivity (Wildman–Crippen MR) is 133 cm³/mol. The Kier molecular flexibility index (Phi) is 5.69. The number of carbonyl (C=O) groups excluding carboxylic acids is 1. The molecule has 1 aliphatic heterocycles. The van der Waals surface area contributed by atoms with Crippen molar-refractivity contribution in [2.24, 2.45) is 5.14 Å². The molecule has 35 heavy (non-hydrogen) atoms. The molecule has 3 aromatic carbocycles. The molecule has 0 radical (unpaired) electrons. The number of primary sulfonamides is 1. The Hall–Kier alpha value is -3.56. The Bertz CT molecular complexity index is 1530. The first-order chi connectivity index (χ1) is 16.7. The van der Waals surface area contributed by atoms with Crippen LogP contribution in [0.1, 0.15) is 16.7 Å². The summed E-state index contributed by atoms with van der Waals surface area (Å²) in [7, 11) is -3.92. The molecule has 1 unspecified atom stereocenters. The van der Waals surface area contributed by atoms with Crippen LogP contribution < -0.4 is 10.0 Å². The van der Waals surface area contributed by atoms with Crippen molar-refractivity contribution < 1.29 is 18.3 Å². The number of hydrogen-bond acceptors (Lipinski definition) is 5. The van der Waals surface area contributed by atoms with Crippen molar-refractivity contribution >= 4 is 33.2 Å². The Balaban J connectivity index is 1.51. The molecular formula is C26H20ClN3O4S. The van der Waals surface area contributed by atoms with Crippen molar-refractivity contribution in [1.29, 1.82) is 0 Å². The van der Waals surface area contributed by atoms with Gasteiger partial charge < -0.3 is 10.0 Å². The van der Waals surface area contributed by atoms with E-state index in [4.69, 9.17) is 16.7 Å². The SMILES string of the molecule is NS(=O)(=O)c1ccc(C2(O)C(=O)N(Cc3ccc(-c4ccncc4)cc3)c3cc(Cl)ccc32)cc1. The first kappa shape index (κ1) is 23.2. The molecule has 7 nitrogen and oxygen atoms in total. The third-order valence-corrected chi connectivity index (χ3v) is 7.27. The first-order valence-corrected chi connectivity index (χ1v) is 12.6. The molecule has 4 aromatic rings. The lowest BCUT2D eigenvalue weighted by molar-refractivity contribution is -0.132. The van der Waals surface area contributed by atoms with Gasteiger partial charge in [0.1, 0.15) is 0 Å². The number of nitrogens with two attached hydrogens (primary N) is 1. The number of hydrogen-bond donors (Lipinski definition) is 2. The van der Waals surface area contributed by atoms with Crippen molar-refractivity contribution in [1.82, 2.24) is 4.98 Å². The van der Waals surface area contributed by atoms with E-state index in [1.807, 2.05) is 36.4 Å². The monoisotopic (exact) mass is 505 g/mol. The van der Waals surface area contributed by atoms with E-state index in [1.54, 1.807) is 30.6 Å². The first-order valence-electron chi connectivity index (χ1n) is 10.6. The fourth-order valence-electron chi connectivity index (χ4n) is 4.31. The molecule has 3 N–H and O–H groups in total. The third kappa shape index (κ3) is 4.11. The van der Waals surface area contributed by atoms with Crippen LogP contribution in [0, 0.1) is 0 Å². The van der Waals surface area contributed by atoms with Crippen molar-refractivity contribution in [3.05, 3.63) is 113 Å². The van der Waals surface area contributed by atoms with E-state index in [9.17, 15) is 18.3 Å². The molecule has 0 saturated heterocycles. The number of nitrogens with zero attached hydrogens (tertiary/aromatic N) is 2. The summed E-state index contributed by atoms with van der Waals surface area (Å²) < 4.78 is 23.3. The second kappa shape index (κ2) is 8.58. The van der Waals surface area contributed by atoms with Gasteiger partial charge in [-0.1, -0.05) is 54.1 Å². The molecule has 0 fully saturated rings. The maximum Gasteiger partial charge on any atom is 0.268 e. The molecular weight excluding hydrogens is 486 g/mol. The Morgan fingerprint density at radius 2 is 1.54 bits per heavy atom. The molecule has 0 aliphatic carbocycles. The molecule has 0 saturated carbocycles. The van der Waals surface area contributed by atoms with Crippen LogP contribution in [0.4, 0.5) is 5.69 Å². The van der Waals surface area contributed by atoms with Gasteiger partial charge in [0.2, 0.25) is 10.0 Å². The van der Waals surface area contributed by atoms with Crippen LogP contribution in [0.15, 0.2) is 96.2 Å². The van der Waals surface area contributed by atoms with Gasteiger partial charge in [-0.15, -0.1) is 0 Å². The average Bonchev–Trinajstić information content (AvgIpc) is 3.06. The summed E-state index contributed by atoms with van der Waals surface area (Å²) in [4.78, 5) is 19.1. The highest BCUT2D eigenvalue weighted by molar-refractivity contribution is 7.89. The van der Waals surface area contributed by atoms with Crippen LogP contribution >= 0.6 is 11.6 Å². The minimum atomic E-state index is -3.92. The highest BCUT2D eigenvalue weighted by atomic mass is 35.5. The summed E-state index contributed by atoms with van der Waals surface area (Å²) in [6, 6.07) is 21.8. The van der Waals surface area contributed by atoms with Crippen LogP contribution in [-0.4, -0.2) is 24.4 Å². The molecule has 9 heteroatoms. The molecule has 1 aliphatic rings. The standard InChI is InChI=1S/C26H20ClN3O4S/c27-21-7-10-23-24(15-21)30(16-17-1-3-18(4-2-17)19-11-13-29-14-12-19)25(31)26(23,32)20-5-8-22(9-6-20)35(28,33)34/h1-15,32H,16H2,(H2,28,33,34). The van der Waals surface area contributed by atoms with Gasteiger partial charge in [0, 0.05) is 23.0 Å². The average molecular weight is 506 g/mol. The van der Waals surface area contributed by atoms with Crippen molar-refractivity contribution in [2.45, 2.75) is 17.0 Å². The summed E-state index contributed by atoms with van der Waals surface area (Å²) in [5.74, 6) is -0.559. The molecule has 0 spiro atoms. The fraction of sp³-hybridized carbons (Fsp3) is 0.0769. The van der Waals surface area contributed by atoms with E-state index in [2.05, 4.69) is 4.98 Å². The van der Waals surface area contributed by atoms with E-state index in [0.29, 0.717) is 16.3 Å². The van der Waals surface area contributed by atoms with Crippen molar-refractivity contribution in [3.8, 4) is 11.1 Å². The third-order valence-electron chi connectivity index (χ3n) is 6.10. The number of anilines is 1. The largest absolute Gasteiger partial charge is 0.372 e. The summed E-state index contributed by atoms with van der Waals surface area (Å²) in [6.45, 7) is 0.209. The lowest BCUT2D eigenvalue weighted by Gasteiger charge is -2.24. The zero-order valence-corrected chi connectivity index (χ0v) is 19.9. The van der Waals surface area contributed by atoms with E-state index < -0.39 is 21.5 Å². The number of fused-ring (bicyclic) bond motifs is 1. The number of aliphatic hydroxyl groups is 1. The highest BCUT2D eigenvalue weighted by Crippen LogP contribution is 2.46. The molecule has 176 valence electrons. The molecule has 5 rings (SSSR count). The summed E-state index contributed by atoms with van der Waals surface area (Å²) in [6.07, 6.45) is 3.45. The minimum Gasteiger partial charge on any atom is -0.372 e. The molecule has 1 aromatic heterocycles. The smallest absolute Gasteiger partial charge is 0.268 e. The highest BCUT2D eigenvalue weighted by Gasteiger charge is 2.51. The lowest BCUT2D eigenvalue weighted by atomic mass is 9.87. The summed E-state index contributed by atoms with van der Waals surface area (Å²) in [5.41, 5.74) is 1.97. The number of sulfonamides is 1. The number of halogens is 1. The van der Waals surface area contributed by atoms with E-state index in [1.165, 1.54) is 29.2 Å². The van der Waals surface area contributed by atoms with Gasteiger partial charge in [-0.3, -0.25) is 9.78 Å². The number of carbonyl (C=O) groups is 1. The van der Waals surface area contributed by atoms with Crippen LogP contribution in [0.2, 0.25) is 5.02 Å².